The van der Waals surface area contributed by atoms with E-state index < -0.39 is 12.0 Å². The quantitative estimate of drug-likeness (QED) is 0.602. The summed E-state index contributed by atoms with van der Waals surface area (Å²) in [5, 5.41) is 21.5. The van der Waals surface area contributed by atoms with Gasteiger partial charge in [0.25, 0.3) is 0 Å². The van der Waals surface area contributed by atoms with E-state index in [0.29, 0.717) is 6.42 Å². The molecular weight excluding hydrogens is 190 g/mol. The van der Waals surface area contributed by atoms with E-state index in [9.17, 15) is 5.11 Å². The molecule has 0 aliphatic heterocycles. The molecule has 4 heteroatoms. The van der Waals surface area contributed by atoms with Gasteiger partial charge in [-0.25, -0.2) is 0 Å². The number of aliphatic hydroxyl groups is 1. The molecule has 0 saturated carbocycles. The van der Waals surface area contributed by atoms with Crippen molar-refractivity contribution in [1.29, 1.82) is 5.26 Å². The molecule has 4 N–H and O–H groups in total. The van der Waals surface area contributed by atoms with E-state index in [4.69, 9.17) is 11.0 Å². The van der Waals surface area contributed by atoms with Crippen LogP contribution in [-0.4, -0.2) is 18.3 Å². The number of allylic oxidation sites excluding steroid dienone is 1. The number of hydrogen-bond donors (Lipinski definition) is 3. The molecule has 4 nitrogen and oxygen atoms in total. The monoisotopic (exact) mass is 209 g/mol. The Morgan fingerprint density at radius 1 is 1.60 bits per heavy atom. The Balaban J connectivity index is 4.35. The SMILES string of the molecule is C=C(NC)C(C)CC(O)C(C#N)C(=C)N. The third-order valence-corrected chi connectivity index (χ3v) is 2.43. The molecule has 84 valence electrons. The van der Waals surface area contributed by atoms with Crippen LogP contribution in [0.25, 0.3) is 0 Å². The van der Waals surface area contributed by atoms with Gasteiger partial charge in [0.05, 0.1) is 12.2 Å². The van der Waals surface area contributed by atoms with E-state index in [0.717, 1.165) is 5.70 Å². The number of rotatable bonds is 6. The van der Waals surface area contributed by atoms with Crippen LogP contribution >= 0.6 is 0 Å². The summed E-state index contributed by atoms with van der Waals surface area (Å²) >= 11 is 0. The summed E-state index contributed by atoms with van der Waals surface area (Å²) in [6.45, 7) is 9.20. The Morgan fingerprint density at radius 2 is 2.13 bits per heavy atom. The van der Waals surface area contributed by atoms with Crippen LogP contribution in [0.4, 0.5) is 0 Å². The second-order valence-corrected chi connectivity index (χ2v) is 3.66. The molecule has 0 aliphatic rings. The minimum atomic E-state index is -0.799. The molecule has 0 fully saturated rings. The summed E-state index contributed by atoms with van der Waals surface area (Å²) in [4.78, 5) is 0. The zero-order valence-corrected chi connectivity index (χ0v) is 9.33. The Bertz CT molecular complexity index is 280. The minimum absolute atomic E-state index is 0.0835. The highest BCUT2D eigenvalue weighted by Gasteiger charge is 2.23. The number of nitrogens with two attached hydrogens (primary N) is 1. The van der Waals surface area contributed by atoms with Crippen LogP contribution in [-0.2, 0) is 0 Å². The molecule has 0 heterocycles. The first-order valence-corrected chi connectivity index (χ1v) is 4.82. The van der Waals surface area contributed by atoms with Crippen LogP contribution in [0.5, 0.6) is 0 Å². The summed E-state index contributed by atoms with van der Waals surface area (Å²) < 4.78 is 0. The molecule has 3 atom stereocenters. The number of nitrogens with zero attached hydrogens (tertiary/aromatic N) is 1. The first-order chi connectivity index (χ1) is 6.93. The maximum absolute atomic E-state index is 9.76. The normalized spacial score (nSPS) is 15.9. The predicted molar refractivity (Wildman–Crippen MR) is 60.4 cm³/mol. The molecule has 3 unspecified atom stereocenters. The van der Waals surface area contributed by atoms with Gasteiger partial charge in [0.2, 0.25) is 0 Å². The Morgan fingerprint density at radius 3 is 2.47 bits per heavy atom. The third kappa shape index (κ3) is 4.05. The van der Waals surface area contributed by atoms with Gasteiger partial charge in [-0.15, -0.1) is 0 Å². The third-order valence-electron chi connectivity index (χ3n) is 2.43. The highest BCUT2D eigenvalue weighted by molar-refractivity contribution is 5.10. The maximum Gasteiger partial charge on any atom is 0.111 e. The number of hydrogen-bond acceptors (Lipinski definition) is 4. The van der Waals surface area contributed by atoms with Crippen molar-refractivity contribution in [2.24, 2.45) is 17.6 Å². The molecule has 0 radical (unpaired) electrons. The lowest BCUT2D eigenvalue weighted by atomic mass is 9.91. The topological polar surface area (TPSA) is 82.1 Å². The van der Waals surface area contributed by atoms with Crippen molar-refractivity contribution in [3.05, 3.63) is 24.6 Å². The van der Waals surface area contributed by atoms with Gasteiger partial charge in [0.15, 0.2) is 0 Å². The number of nitrogens with one attached hydrogen (secondary N) is 1. The maximum atomic E-state index is 9.76. The van der Waals surface area contributed by atoms with Crippen LogP contribution in [0.2, 0.25) is 0 Å². The van der Waals surface area contributed by atoms with Crippen LogP contribution in [0.3, 0.4) is 0 Å². The molecule has 0 bridgehead atoms. The number of aliphatic hydroxyl groups excluding tert-OH is 1. The van der Waals surface area contributed by atoms with Gasteiger partial charge in [-0.05, 0) is 12.3 Å². The Hall–Kier alpha value is -1.47. The molecule has 0 saturated heterocycles. The lowest BCUT2D eigenvalue weighted by molar-refractivity contribution is 0.124. The molecule has 0 aliphatic carbocycles. The van der Waals surface area contributed by atoms with Gasteiger partial charge in [-0.2, -0.15) is 5.26 Å². The lowest BCUT2D eigenvalue weighted by Gasteiger charge is -2.21. The summed E-state index contributed by atoms with van der Waals surface area (Å²) in [6.07, 6.45) is -0.360. The Kier molecular flexibility index (Phi) is 5.50. The van der Waals surface area contributed by atoms with Crippen molar-refractivity contribution in [1.82, 2.24) is 5.32 Å². The lowest BCUT2D eigenvalue weighted by Crippen LogP contribution is -2.27. The van der Waals surface area contributed by atoms with Gasteiger partial charge < -0.3 is 16.2 Å². The van der Waals surface area contributed by atoms with Gasteiger partial charge in [0, 0.05) is 18.4 Å². The summed E-state index contributed by atoms with van der Waals surface area (Å²) in [5.41, 5.74) is 6.45. The predicted octanol–water partition coefficient (Wildman–Crippen LogP) is 0.719. The zero-order valence-electron chi connectivity index (χ0n) is 9.33. The molecule has 0 spiro atoms. The van der Waals surface area contributed by atoms with Crippen LogP contribution in [0, 0.1) is 23.2 Å². The fraction of sp³-hybridized carbons (Fsp3) is 0.545. The van der Waals surface area contributed by atoms with Crippen molar-refractivity contribution in [2.75, 3.05) is 7.05 Å². The van der Waals surface area contributed by atoms with E-state index in [-0.39, 0.29) is 11.6 Å². The molecule has 0 aromatic rings. The highest BCUT2D eigenvalue weighted by atomic mass is 16.3. The molecule has 15 heavy (non-hydrogen) atoms. The second kappa shape index (κ2) is 6.10. The van der Waals surface area contributed by atoms with Crippen molar-refractivity contribution in [3.63, 3.8) is 0 Å². The molecule has 0 aromatic carbocycles. The standard InChI is InChI=1S/C11H19N3O/c1-7(9(3)14-4)5-11(15)10(6-12)8(2)13/h7,10-11,14-15H,2-3,5,13H2,1,4H3. The largest absolute Gasteiger partial charge is 0.401 e. The van der Waals surface area contributed by atoms with E-state index in [1.807, 2.05) is 13.0 Å². The summed E-state index contributed by atoms with van der Waals surface area (Å²) in [6, 6.07) is 1.94. The van der Waals surface area contributed by atoms with Gasteiger partial charge in [-0.1, -0.05) is 20.1 Å². The van der Waals surface area contributed by atoms with Crippen molar-refractivity contribution in [3.8, 4) is 6.07 Å². The zero-order chi connectivity index (χ0) is 12.0. The minimum Gasteiger partial charge on any atom is -0.401 e. The van der Waals surface area contributed by atoms with Gasteiger partial charge in [-0.3, -0.25) is 0 Å². The second-order valence-electron chi connectivity index (χ2n) is 3.66. The molecule has 0 rings (SSSR count). The fourth-order valence-corrected chi connectivity index (χ4v) is 1.30. The molecule has 0 aromatic heterocycles. The first kappa shape index (κ1) is 13.5. The van der Waals surface area contributed by atoms with Crippen LogP contribution in [0.15, 0.2) is 24.6 Å². The number of nitriles is 1. The van der Waals surface area contributed by atoms with Crippen LogP contribution in [0.1, 0.15) is 13.3 Å². The Labute approximate surface area is 91.1 Å². The van der Waals surface area contributed by atoms with Crippen molar-refractivity contribution in [2.45, 2.75) is 19.4 Å². The van der Waals surface area contributed by atoms with Crippen LogP contribution < -0.4 is 11.1 Å². The highest BCUT2D eigenvalue weighted by Crippen LogP contribution is 2.19. The van der Waals surface area contributed by atoms with Gasteiger partial charge >= 0.3 is 0 Å². The molecule has 0 amide bonds. The van der Waals surface area contributed by atoms with E-state index in [1.54, 1.807) is 7.05 Å². The molecular formula is C11H19N3O. The van der Waals surface area contributed by atoms with E-state index in [2.05, 4.69) is 18.5 Å². The fourth-order valence-electron chi connectivity index (χ4n) is 1.30. The van der Waals surface area contributed by atoms with E-state index >= 15 is 0 Å². The average Bonchev–Trinajstić information content (AvgIpc) is 2.16. The smallest absolute Gasteiger partial charge is 0.111 e. The van der Waals surface area contributed by atoms with Crippen molar-refractivity contribution >= 4 is 0 Å². The van der Waals surface area contributed by atoms with Crippen molar-refractivity contribution < 1.29 is 5.11 Å². The van der Waals surface area contributed by atoms with Gasteiger partial charge in [0.1, 0.15) is 5.92 Å². The van der Waals surface area contributed by atoms with E-state index in [1.165, 1.54) is 0 Å². The summed E-state index contributed by atoms with van der Waals surface area (Å²) in [5.74, 6) is -0.627. The summed E-state index contributed by atoms with van der Waals surface area (Å²) in [7, 11) is 1.77. The average molecular weight is 209 g/mol. The first-order valence-electron chi connectivity index (χ1n) is 4.82.